The van der Waals surface area contributed by atoms with Crippen LogP contribution in [0.4, 0.5) is 0 Å². The summed E-state index contributed by atoms with van der Waals surface area (Å²) in [5, 5.41) is 3.57. The van der Waals surface area contributed by atoms with Crippen LogP contribution in [-0.4, -0.2) is 35.5 Å². The van der Waals surface area contributed by atoms with E-state index < -0.39 is 0 Å². The van der Waals surface area contributed by atoms with E-state index in [1.807, 2.05) is 13.8 Å². The zero-order chi connectivity index (χ0) is 13.2. The van der Waals surface area contributed by atoms with Gasteiger partial charge in [0, 0.05) is 30.6 Å². The first-order valence-corrected chi connectivity index (χ1v) is 6.79. The molecule has 1 atom stereocenters. The second-order valence-corrected chi connectivity index (χ2v) is 6.62. The van der Waals surface area contributed by atoms with Crippen molar-refractivity contribution < 1.29 is 4.79 Å². The van der Waals surface area contributed by atoms with Crippen molar-refractivity contribution in [3.63, 3.8) is 0 Å². The van der Waals surface area contributed by atoms with Gasteiger partial charge in [-0.25, -0.2) is 0 Å². The van der Waals surface area contributed by atoms with Crippen molar-refractivity contribution in [3.8, 4) is 0 Å². The van der Waals surface area contributed by atoms with Gasteiger partial charge in [-0.3, -0.25) is 4.79 Å². The quantitative estimate of drug-likeness (QED) is 0.821. The summed E-state index contributed by atoms with van der Waals surface area (Å²) >= 11 is 0. The molecule has 3 nitrogen and oxygen atoms in total. The summed E-state index contributed by atoms with van der Waals surface area (Å²) in [5.74, 6) is 1.04. The average molecular weight is 240 g/mol. The fourth-order valence-electron chi connectivity index (χ4n) is 2.45. The second kappa shape index (κ2) is 5.38. The molecule has 0 aromatic carbocycles. The highest BCUT2D eigenvalue weighted by atomic mass is 16.2. The predicted octanol–water partition coefficient (Wildman–Crippen LogP) is 2.27. The largest absolute Gasteiger partial charge is 0.335 e. The molecule has 3 heteroatoms. The van der Waals surface area contributed by atoms with Gasteiger partial charge in [-0.1, -0.05) is 27.7 Å². The van der Waals surface area contributed by atoms with Gasteiger partial charge in [-0.15, -0.1) is 0 Å². The van der Waals surface area contributed by atoms with E-state index in [9.17, 15) is 4.79 Å². The van der Waals surface area contributed by atoms with E-state index in [1.165, 1.54) is 0 Å². The van der Waals surface area contributed by atoms with Crippen molar-refractivity contribution in [2.75, 3.05) is 13.1 Å². The third kappa shape index (κ3) is 3.70. The van der Waals surface area contributed by atoms with Crippen LogP contribution in [0.2, 0.25) is 0 Å². The lowest BCUT2D eigenvalue weighted by molar-refractivity contribution is -0.142. The van der Waals surface area contributed by atoms with Crippen LogP contribution in [0.5, 0.6) is 0 Å². The molecule has 0 spiro atoms. The number of carbonyl (C=O) groups excluding carboxylic acids is 1. The third-order valence-electron chi connectivity index (χ3n) is 3.47. The monoisotopic (exact) mass is 240 g/mol. The Balaban J connectivity index is 2.72. The first-order valence-electron chi connectivity index (χ1n) is 6.79. The molecule has 1 saturated heterocycles. The minimum absolute atomic E-state index is 0.0607. The lowest BCUT2D eigenvalue weighted by atomic mass is 9.92. The Morgan fingerprint density at radius 1 is 1.35 bits per heavy atom. The topological polar surface area (TPSA) is 32.3 Å². The summed E-state index contributed by atoms with van der Waals surface area (Å²) in [6.07, 6.45) is 1.14. The highest BCUT2D eigenvalue weighted by Crippen LogP contribution is 2.23. The third-order valence-corrected chi connectivity index (χ3v) is 3.47. The Bertz CT molecular complexity index is 271. The van der Waals surface area contributed by atoms with Crippen LogP contribution in [0, 0.1) is 11.8 Å². The summed E-state index contributed by atoms with van der Waals surface area (Å²) in [6, 6.07) is 0.450. The molecule has 0 bridgehead atoms. The van der Waals surface area contributed by atoms with E-state index in [-0.39, 0.29) is 17.4 Å². The second-order valence-electron chi connectivity index (χ2n) is 6.62. The standard InChI is InChI=1S/C14H28N2O/c1-10(2)7-12-8-16(13(17)11(3)4)14(5,6)9-15-12/h10-12,15H,7-9H2,1-6H3. The van der Waals surface area contributed by atoms with E-state index in [0.717, 1.165) is 19.5 Å². The minimum Gasteiger partial charge on any atom is -0.335 e. The van der Waals surface area contributed by atoms with E-state index in [4.69, 9.17) is 0 Å². The van der Waals surface area contributed by atoms with Gasteiger partial charge in [-0.05, 0) is 26.2 Å². The van der Waals surface area contributed by atoms with E-state index >= 15 is 0 Å². The molecule has 1 unspecified atom stereocenters. The zero-order valence-electron chi connectivity index (χ0n) is 12.2. The van der Waals surface area contributed by atoms with Crippen molar-refractivity contribution in [2.45, 2.75) is 59.5 Å². The first-order chi connectivity index (χ1) is 7.74. The molecule has 1 amide bonds. The summed E-state index contributed by atoms with van der Waals surface area (Å²) < 4.78 is 0. The van der Waals surface area contributed by atoms with Gasteiger partial charge >= 0.3 is 0 Å². The molecule has 100 valence electrons. The van der Waals surface area contributed by atoms with Crippen LogP contribution in [-0.2, 0) is 4.79 Å². The molecule has 1 rings (SSSR count). The summed E-state index contributed by atoms with van der Waals surface area (Å²) in [7, 11) is 0. The molecule has 1 aliphatic rings. The SMILES string of the molecule is CC(C)CC1CN(C(=O)C(C)C)C(C)(C)CN1. The Morgan fingerprint density at radius 2 is 1.94 bits per heavy atom. The van der Waals surface area contributed by atoms with Crippen LogP contribution in [0.15, 0.2) is 0 Å². The minimum atomic E-state index is -0.0607. The van der Waals surface area contributed by atoms with E-state index in [1.54, 1.807) is 0 Å². The molecule has 1 aliphatic heterocycles. The molecular weight excluding hydrogens is 212 g/mol. The van der Waals surface area contributed by atoms with Crippen molar-refractivity contribution >= 4 is 5.91 Å². The molecule has 0 saturated carbocycles. The molecule has 1 N–H and O–H groups in total. The predicted molar refractivity (Wildman–Crippen MR) is 71.9 cm³/mol. The lowest BCUT2D eigenvalue weighted by Gasteiger charge is -2.47. The average Bonchev–Trinajstić information content (AvgIpc) is 2.19. The number of amides is 1. The van der Waals surface area contributed by atoms with Gasteiger partial charge in [0.05, 0.1) is 0 Å². The van der Waals surface area contributed by atoms with Gasteiger partial charge in [0.25, 0.3) is 0 Å². The van der Waals surface area contributed by atoms with Gasteiger partial charge in [-0.2, -0.15) is 0 Å². The Kier molecular flexibility index (Phi) is 4.59. The van der Waals surface area contributed by atoms with Gasteiger partial charge in [0.2, 0.25) is 5.91 Å². The van der Waals surface area contributed by atoms with Gasteiger partial charge in [0.15, 0.2) is 0 Å². The Hall–Kier alpha value is -0.570. The fraction of sp³-hybridized carbons (Fsp3) is 0.929. The first kappa shape index (κ1) is 14.5. The maximum absolute atomic E-state index is 12.2. The zero-order valence-corrected chi connectivity index (χ0v) is 12.2. The number of piperazine rings is 1. The highest BCUT2D eigenvalue weighted by molar-refractivity contribution is 5.79. The number of rotatable bonds is 3. The van der Waals surface area contributed by atoms with Gasteiger partial charge in [0.1, 0.15) is 0 Å². The highest BCUT2D eigenvalue weighted by Gasteiger charge is 2.37. The Labute approximate surface area is 106 Å². The van der Waals surface area contributed by atoms with Crippen molar-refractivity contribution in [2.24, 2.45) is 11.8 Å². The molecule has 0 aromatic rings. The fourth-order valence-corrected chi connectivity index (χ4v) is 2.45. The maximum atomic E-state index is 12.2. The van der Waals surface area contributed by atoms with Gasteiger partial charge < -0.3 is 10.2 Å². The number of hydrogen-bond donors (Lipinski definition) is 1. The number of nitrogens with zero attached hydrogens (tertiary/aromatic N) is 1. The molecule has 0 aromatic heterocycles. The summed E-state index contributed by atoms with van der Waals surface area (Å²) in [4.78, 5) is 14.3. The molecule has 1 fully saturated rings. The molecule has 17 heavy (non-hydrogen) atoms. The van der Waals surface area contributed by atoms with Crippen LogP contribution in [0.25, 0.3) is 0 Å². The molecule has 0 aliphatic carbocycles. The smallest absolute Gasteiger partial charge is 0.225 e. The Morgan fingerprint density at radius 3 is 2.41 bits per heavy atom. The van der Waals surface area contributed by atoms with Crippen molar-refractivity contribution in [3.05, 3.63) is 0 Å². The summed E-state index contributed by atoms with van der Waals surface area (Å²) in [5.41, 5.74) is -0.0607. The van der Waals surface area contributed by atoms with Crippen LogP contribution in [0.3, 0.4) is 0 Å². The molecule has 0 radical (unpaired) electrons. The summed E-state index contributed by atoms with van der Waals surface area (Å²) in [6.45, 7) is 14.5. The lowest BCUT2D eigenvalue weighted by Crippen LogP contribution is -2.64. The molecule has 1 heterocycles. The van der Waals surface area contributed by atoms with Crippen LogP contribution < -0.4 is 5.32 Å². The van der Waals surface area contributed by atoms with Crippen LogP contribution >= 0.6 is 0 Å². The normalized spacial score (nSPS) is 24.5. The number of hydrogen-bond acceptors (Lipinski definition) is 2. The van der Waals surface area contributed by atoms with E-state index in [2.05, 4.69) is 37.9 Å². The molecular formula is C14H28N2O. The van der Waals surface area contributed by atoms with E-state index in [0.29, 0.717) is 12.0 Å². The van der Waals surface area contributed by atoms with Crippen molar-refractivity contribution in [1.29, 1.82) is 0 Å². The van der Waals surface area contributed by atoms with Crippen LogP contribution in [0.1, 0.15) is 48.0 Å². The van der Waals surface area contributed by atoms with Crippen molar-refractivity contribution in [1.82, 2.24) is 10.2 Å². The number of carbonyl (C=O) groups is 1. The maximum Gasteiger partial charge on any atom is 0.225 e. The number of nitrogens with one attached hydrogen (secondary N) is 1.